The summed E-state index contributed by atoms with van der Waals surface area (Å²) in [5.41, 5.74) is 2.14. The normalized spacial score (nSPS) is 18.5. The molecule has 0 amide bonds. The maximum atomic E-state index is 12.2. The summed E-state index contributed by atoms with van der Waals surface area (Å²) in [5, 5.41) is 5.06. The van der Waals surface area contributed by atoms with Crippen molar-refractivity contribution in [1.29, 1.82) is 0 Å². The van der Waals surface area contributed by atoms with E-state index in [9.17, 15) is 4.79 Å². The van der Waals surface area contributed by atoms with E-state index in [0.29, 0.717) is 11.0 Å². The van der Waals surface area contributed by atoms with Crippen LogP contribution in [0.5, 0.6) is 0 Å². The Hall–Kier alpha value is -2.05. The van der Waals surface area contributed by atoms with Gasteiger partial charge in [0.2, 0.25) is 4.96 Å². The predicted octanol–water partition coefficient (Wildman–Crippen LogP) is 2.67. The number of nitrogens with zero attached hydrogens (tertiary/aromatic N) is 4. The zero-order valence-electron chi connectivity index (χ0n) is 13.7. The number of hydrogen-bond donors (Lipinski definition) is 0. The van der Waals surface area contributed by atoms with E-state index >= 15 is 0 Å². The molecule has 0 aliphatic carbocycles. The molecule has 124 valence electrons. The molecule has 0 spiro atoms. The summed E-state index contributed by atoms with van der Waals surface area (Å²) in [6.07, 6.45) is 3.47. The van der Waals surface area contributed by atoms with E-state index in [1.54, 1.807) is 6.07 Å². The van der Waals surface area contributed by atoms with E-state index in [4.69, 9.17) is 0 Å². The van der Waals surface area contributed by atoms with Crippen molar-refractivity contribution in [3.05, 3.63) is 63.0 Å². The predicted molar refractivity (Wildman–Crippen MR) is 95.4 cm³/mol. The first kappa shape index (κ1) is 15.5. The Balaban J connectivity index is 1.54. The molecule has 1 fully saturated rings. The van der Waals surface area contributed by atoms with Crippen molar-refractivity contribution < 1.29 is 0 Å². The van der Waals surface area contributed by atoms with E-state index in [2.05, 4.69) is 45.3 Å². The monoisotopic (exact) mass is 340 g/mol. The third-order valence-electron chi connectivity index (χ3n) is 4.58. The lowest BCUT2D eigenvalue weighted by Gasteiger charge is -2.24. The minimum Gasteiger partial charge on any atom is -0.294 e. The van der Waals surface area contributed by atoms with Gasteiger partial charge in [-0.3, -0.25) is 9.69 Å². The van der Waals surface area contributed by atoms with Crippen molar-refractivity contribution in [2.45, 2.75) is 38.8 Å². The highest BCUT2D eigenvalue weighted by atomic mass is 32.1. The average Bonchev–Trinajstić information content (AvgIpc) is 3.15. The molecule has 24 heavy (non-hydrogen) atoms. The standard InChI is InChI=1S/C18H20N4OS/c1-13-20-22-17(23)11-15(19-18(22)24-13)12-21-9-5-8-16(21)10-14-6-3-2-4-7-14/h2-4,6-7,11,16H,5,8-10,12H2,1H3/t16-/m1/s1. The summed E-state index contributed by atoms with van der Waals surface area (Å²) in [5.74, 6) is 0. The highest BCUT2D eigenvalue weighted by Crippen LogP contribution is 2.23. The van der Waals surface area contributed by atoms with Gasteiger partial charge in [-0.2, -0.15) is 9.61 Å². The Morgan fingerprint density at radius 2 is 2.12 bits per heavy atom. The summed E-state index contributed by atoms with van der Waals surface area (Å²) < 4.78 is 1.40. The van der Waals surface area contributed by atoms with Gasteiger partial charge in [-0.05, 0) is 38.3 Å². The van der Waals surface area contributed by atoms with Crippen LogP contribution in [0, 0.1) is 6.92 Å². The molecule has 0 bridgehead atoms. The lowest BCUT2D eigenvalue weighted by molar-refractivity contribution is 0.241. The van der Waals surface area contributed by atoms with Crippen molar-refractivity contribution in [1.82, 2.24) is 19.5 Å². The van der Waals surface area contributed by atoms with E-state index in [0.717, 1.165) is 30.2 Å². The highest BCUT2D eigenvalue weighted by Gasteiger charge is 2.25. The fraction of sp³-hybridized carbons (Fsp3) is 0.389. The van der Waals surface area contributed by atoms with Gasteiger partial charge in [0.15, 0.2) is 0 Å². The SMILES string of the molecule is Cc1nn2c(=O)cc(CN3CCC[C@@H]3Cc3ccccc3)nc2s1. The molecule has 3 aromatic rings. The van der Waals surface area contributed by atoms with E-state index in [1.807, 2.05) is 6.92 Å². The smallest absolute Gasteiger partial charge is 0.275 e. The lowest BCUT2D eigenvalue weighted by atomic mass is 10.0. The number of aryl methyl sites for hydroxylation is 1. The van der Waals surface area contributed by atoms with Crippen molar-refractivity contribution in [3.8, 4) is 0 Å². The Morgan fingerprint density at radius 1 is 1.29 bits per heavy atom. The van der Waals surface area contributed by atoms with Crippen molar-refractivity contribution in [2.75, 3.05) is 6.54 Å². The van der Waals surface area contributed by atoms with Gasteiger partial charge in [-0.15, -0.1) is 0 Å². The molecule has 3 heterocycles. The van der Waals surface area contributed by atoms with Crippen LogP contribution in [-0.2, 0) is 13.0 Å². The van der Waals surface area contributed by atoms with Crippen LogP contribution in [0.2, 0.25) is 0 Å². The van der Waals surface area contributed by atoms with Gasteiger partial charge < -0.3 is 0 Å². The highest BCUT2D eigenvalue weighted by molar-refractivity contribution is 7.16. The second kappa shape index (κ2) is 6.45. The summed E-state index contributed by atoms with van der Waals surface area (Å²) in [6.45, 7) is 3.70. The van der Waals surface area contributed by atoms with Crippen LogP contribution in [0.25, 0.3) is 4.96 Å². The molecule has 4 rings (SSSR count). The van der Waals surface area contributed by atoms with Crippen LogP contribution in [0.3, 0.4) is 0 Å². The molecule has 0 unspecified atom stereocenters. The molecule has 1 saturated heterocycles. The number of likely N-dealkylation sites (tertiary alicyclic amines) is 1. The van der Waals surface area contributed by atoms with Crippen LogP contribution in [0.1, 0.15) is 29.1 Å². The molecule has 2 aromatic heterocycles. The Morgan fingerprint density at radius 3 is 2.96 bits per heavy atom. The Bertz CT molecular complexity index is 902. The second-order valence-corrected chi connectivity index (χ2v) is 7.52. The van der Waals surface area contributed by atoms with Gasteiger partial charge >= 0.3 is 0 Å². The summed E-state index contributed by atoms with van der Waals surface area (Å²) in [6, 6.07) is 12.8. The van der Waals surface area contributed by atoms with Crippen molar-refractivity contribution >= 4 is 16.3 Å². The van der Waals surface area contributed by atoms with Crippen LogP contribution in [0.15, 0.2) is 41.2 Å². The average molecular weight is 340 g/mol. The third kappa shape index (κ3) is 3.12. The number of hydrogen-bond acceptors (Lipinski definition) is 5. The summed E-state index contributed by atoms with van der Waals surface area (Å²) in [7, 11) is 0. The minimum atomic E-state index is -0.0850. The fourth-order valence-corrected chi connectivity index (χ4v) is 4.23. The minimum absolute atomic E-state index is 0.0850. The van der Waals surface area contributed by atoms with Crippen LogP contribution in [0.4, 0.5) is 0 Å². The zero-order valence-corrected chi connectivity index (χ0v) is 14.5. The van der Waals surface area contributed by atoms with Gasteiger partial charge in [0.1, 0.15) is 5.01 Å². The van der Waals surface area contributed by atoms with Crippen LogP contribution >= 0.6 is 11.3 Å². The molecule has 0 radical (unpaired) electrons. The first-order valence-electron chi connectivity index (χ1n) is 8.33. The van der Waals surface area contributed by atoms with Crippen LogP contribution in [-0.4, -0.2) is 32.1 Å². The van der Waals surface area contributed by atoms with Crippen molar-refractivity contribution in [3.63, 3.8) is 0 Å². The molecule has 5 nitrogen and oxygen atoms in total. The summed E-state index contributed by atoms with van der Waals surface area (Å²) in [4.78, 5) is 20.0. The molecule has 6 heteroatoms. The van der Waals surface area contributed by atoms with E-state index in [1.165, 1.54) is 34.3 Å². The van der Waals surface area contributed by atoms with E-state index < -0.39 is 0 Å². The zero-order chi connectivity index (χ0) is 16.5. The Kier molecular flexibility index (Phi) is 4.16. The third-order valence-corrected chi connectivity index (χ3v) is 5.40. The first-order chi connectivity index (χ1) is 11.7. The van der Waals surface area contributed by atoms with Gasteiger partial charge in [-0.25, -0.2) is 4.98 Å². The van der Waals surface area contributed by atoms with E-state index in [-0.39, 0.29) is 5.56 Å². The molecule has 1 aliphatic heterocycles. The fourth-order valence-electron chi connectivity index (χ4n) is 3.46. The molecule has 1 aliphatic rings. The molecule has 0 N–H and O–H groups in total. The van der Waals surface area contributed by atoms with Gasteiger partial charge in [0.05, 0.1) is 5.69 Å². The topological polar surface area (TPSA) is 50.5 Å². The number of benzene rings is 1. The molecular weight excluding hydrogens is 320 g/mol. The Labute approximate surface area is 144 Å². The largest absolute Gasteiger partial charge is 0.294 e. The van der Waals surface area contributed by atoms with Gasteiger partial charge in [0, 0.05) is 18.7 Å². The van der Waals surface area contributed by atoms with Gasteiger partial charge in [0.25, 0.3) is 5.56 Å². The lowest BCUT2D eigenvalue weighted by Crippen LogP contribution is -2.31. The maximum absolute atomic E-state index is 12.2. The first-order valence-corrected chi connectivity index (χ1v) is 9.15. The van der Waals surface area contributed by atoms with Crippen molar-refractivity contribution in [2.24, 2.45) is 0 Å². The van der Waals surface area contributed by atoms with Crippen LogP contribution < -0.4 is 5.56 Å². The molecule has 1 atom stereocenters. The quantitative estimate of drug-likeness (QED) is 0.733. The number of fused-ring (bicyclic) bond motifs is 1. The van der Waals surface area contributed by atoms with Gasteiger partial charge in [-0.1, -0.05) is 41.7 Å². The summed E-state index contributed by atoms with van der Waals surface area (Å²) >= 11 is 1.46. The maximum Gasteiger partial charge on any atom is 0.275 e. The molecule has 0 saturated carbocycles. The number of rotatable bonds is 4. The second-order valence-electron chi connectivity index (χ2n) is 6.36. The number of aromatic nitrogens is 3. The molecule has 1 aromatic carbocycles. The molecular formula is C18H20N4OS.